The number of carboxylic acid groups (broad SMARTS) is 1. The van der Waals surface area contributed by atoms with Crippen molar-refractivity contribution in [1.29, 1.82) is 0 Å². The van der Waals surface area contributed by atoms with E-state index in [1.54, 1.807) is 6.21 Å². The van der Waals surface area contributed by atoms with Crippen molar-refractivity contribution in [3.63, 3.8) is 0 Å². The zero-order chi connectivity index (χ0) is 35.7. The van der Waals surface area contributed by atoms with Crippen molar-refractivity contribution in [3.8, 4) is 17.2 Å². The fourth-order valence-corrected chi connectivity index (χ4v) is 6.11. The Labute approximate surface area is 280 Å². The van der Waals surface area contributed by atoms with Gasteiger partial charge in [-0.15, -0.1) is 0 Å². The molecule has 9 N–H and O–H groups in total. The van der Waals surface area contributed by atoms with E-state index in [1.165, 1.54) is 42.5 Å². The summed E-state index contributed by atoms with van der Waals surface area (Å²) in [7, 11) is 0. The number of hydrogen-bond donors (Lipinski definition) is 8. The van der Waals surface area contributed by atoms with Gasteiger partial charge in [0.05, 0.1) is 17.7 Å². The highest BCUT2D eigenvalue weighted by Crippen LogP contribution is 2.43. The van der Waals surface area contributed by atoms with Gasteiger partial charge in [-0.1, -0.05) is 32.1 Å². The topological polar surface area (TPSA) is 251 Å². The number of amides is 1. The van der Waals surface area contributed by atoms with Crippen LogP contribution in [0.4, 0.5) is 0 Å². The van der Waals surface area contributed by atoms with Crippen LogP contribution in [-0.4, -0.2) is 110 Å². The third-order valence-corrected chi connectivity index (χ3v) is 9.12. The number of rotatable bonds is 13. The number of phenols is 1. The number of nitrogens with two attached hydrogens (primary N) is 1. The molecule has 0 aromatic heterocycles. The molecule has 0 spiro atoms. The summed E-state index contributed by atoms with van der Waals surface area (Å²) in [5.74, 6) is -3.16. The van der Waals surface area contributed by atoms with Gasteiger partial charge < -0.3 is 55.9 Å². The lowest BCUT2D eigenvalue weighted by molar-refractivity contribution is -0.334. The number of phenolic OH excluding ortho intramolecular Hbond substituents is 1. The number of aliphatic carboxylic acids is 1. The molecule has 0 radical (unpaired) electrons. The number of hydrogen-bond acceptors (Lipinski definition) is 13. The van der Waals surface area contributed by atoms with Crippen LogP contribution in [0.2, 0.25) is 0 Å². The van der Waals surface area contributed by atoms with E-state index >= 15 is 0 Å². The van der Waals surface area contributed by atoms with Crippen molar-refractivity contribution in [2.24, 2.45) is 22.6 Å². The van der Waals surface area contributed by atoms with Crippen LogP contribution in [0.3, 0.4) is 0 Å². The maximum absolute atomic E-state index is 12.4. The Morgan fingerprint density at radius 1 is 1.16 bits per heavy atom. The van der Waals surface area contributed by atoms with E-state index < -0.39 is 54.2 Å². The predicted octanol–water partition coefficient (Wildman–Crippen LogP) is 0.538. The summed E-state index contributed by atoms with van der Waals surface area (Å²) in [5, 5.41) is 67.8. The third kappa shape index (κ3) is 6.75. The lowest BCUT2D eigenvalue weighted by atomic mass is 9.74. The molecule has 49 heavy (non-hydrogen) atoms. The van der Waals surface area contributed by atoms with Crippen molar-refractivity contribution in [3.05, 3.63) is 65.2 Å². The number of aliphatic hydroxyl groups excluding tert-OH is 2. The number of benzene rings is 2. The second-order valence-corrected chi connectivity index (χ2v) is 12.6. The van der Waals surface area contributed by atoms with Gasteiger partial charge >= 0.3 is 5.97 Å². The molecule has 15 heteroatoms. The molecule has 3 heterocycles. The van der Waals surface area contributed by atoms with Gasteiger partial charge in [-0.25, -0.2) is 4.79 Å². The molecule has 0 bridgehead atoms. The van der Waals surface area contributed by atoms with Gasteiger partial charge in [0.25, 0.3) is 5.91 Å². The molecule has 0 aliphatic carbocycles. The van der Waals surface area contributed by atoms with Gasteiger partial charge in [-0.05, 0) is 60.2 Å². The number of nitrogens with one attached hydrogen (secondary N) is 1. The average molecular weight is 682 g/mol. The summed E-state index contributed by atoms with van der Waals surface area (Å²) < 4.78 is 17.2. The van der Waals surface area contributed by atoms with Gasteiger partial charge in [0, 0.05) is 18.8 Å². The van der Waals surface area contributed by atoms with Crippen molar-refractivity contribution >= 4 is 35.7 Å². The highest BCUT2D eigenvalue weighted by atomic mass is 16.7. The first-order chi connectivity index (χ1) is 23.2. The number of carbonyl (C=O) groups excluding carboxylic acids is 2. The zero-order valence-corrected chi connectivity index (χ0v) is 26.7. The SMILES string of the molecule is CC(C)C(CNCC1(O)C(Oc2ccc3c(c2)OC(C(N)=O)C(c2ccc(O)cc2)=C3O)OC(C(=O)O)C(O)C1(O)C=O)CC1=CCN=C1. The van der Waals surface area contributed by atoms with E-state index in [9.17, 15) is 45.0 Å². The van der Waals surface area contributed by atoms with E-state index in [-0.39, 0.29) is 58.8 Å². The number of ether oxygens (including phenoxy) is 3. The number of allylic oxidation sites excluding steroid dienone is 1. The minimum absolute atomic E-state index is 0.0208. The Morgan fingerprint density at radius 3 is 2.47 bits per heavy atom. The molecule has 7 atom stereocenters. The fraction of sp³-hybridized carbons (Fsp3) is 0.412. The maximum atomic E-state index is 12.4. The molecule has 1 saturated heterocycles. The third-order valence-electron chi connectivity index (χ3n) is 9.12. The Kier molecular flexibility index (Phi) is 10.1. The van der Waals surface area contributed by atoms with Crippen LogP contribution in [0.25, 0.3) is 11.3 Å². The summed E-state index contributed by atoms with van der Waals surface area (Å²) in [6.45, 7) is 4.30. The Morgan fingerprint density at radius 2 is 1.88 bits per heavy atom. The van der Waals surface area contributed by atoms with E-state index in [2.05, 4.69) is 10.3 Å². The molecule has 1 amide bonds. The van der Waals surface area contributed by atoms with Crippen molar-refractivity contribution in [2.45, 2.75) is 56.1 Å². The first-order valence-corrected chi connectivity index (χ1v) is 15.6. The minimum atomic E-state index is -3.08. The molecule has 2 aromatic rings. The maximum Gasteiger partial charge on any atom is 0.335 e. The van der Waals surface area contributed by atoms with Crippen LogP contribution in [0, 0.1) is 11.8 Å². The fourth-order valence-electron chi connectivity index (χ4n) is 6.11. The van der Waals surface area contributed by atoms with Crippen LogP contribution in [-0.2, 0) is 19.1 Å². The highest BCUT2D eigenvalue weighted by Gasteiger charge is 2.67. The summed E-state index contributed by atoms with van der Waals surface area (Å²) in [4.78, 5) is 41.0. The molecular weight excluding hydrogens is 642 g/mol. The first-order valence-electron chi connectivity index (χ1n) is 15.6. The molecule has 0 saturated carbocycles. The van der Waals surface area contributed by atoms with E-state index in [1.807, 2.05) is 19.9 Å². The molecule has 262 valence electrons. The molecule has 5 rings (SSSR count). The number of aliphatic hydroxyl groups is 4. The number of aldehydes is 1. The number of aromatic hydroxyl groups is 1. The van der Waals surface area contributed by atoms with Gasteiger partial charge in [0.15, 0.2) is 23.6 Å². The average Bonchev–Trinajstić information content (AvgIpc) is 3.58. The van der Waals surface area contributed by atoms with Gasteiger partial charge in [-0.3, -0.25) is 14.6 Å². The number of fused-ring (bicyclic) bond motifs is 1. The quantitative estimate of drug-likeness (QED) is 0.135. The summed E-state index contributed by atoms with van der Waals surface area (Å²) in [6, 6.07) is 9.49. The van der Waals surface area contributed by atoms with Crippen molar-refractivity contribution < 1.29 is 59.2 Å². The number of carboxylic acids is 1. The summed E-state index contributed by atoms with van der Waals surface area (Å²) >= 11 is 0. The molecule has 1 fully saturated rings. The Bertz CT molecular complexity index is 1690. The number of aliphatic imine (C=N–C) groups is 1. The van der Waals surface area contributed by atoms with Gasteiger partial charge in [-0.2, -0.15) is 0 Å². The largest absolute Gasteiger partial charge is 0.508 e. The number of primary amides is 1. The van der Waals surface area contributed by atoms with Crippen LogP contribution in [0.5, 0.6) is 17.2 Å². The monoisotopic (exact) mass is 681 g/mol. The molecule has 3 aliphatic heterocycles. The van der Waals surface area contributed by atoms with Crippen molar-refractivity contribution in [2.75, 3.05) is 19.6 Å². The zero-order valence-electron chi connectivity index (χ0n) is 26.7. The Balaban J connectivity index is 1.46. The number of carbonyl (C=O) groups is 3. The molecule has 2 aromatic carbocycles. The van der Waals surface area contributed by atoms with Crippen molar-refractivity contribution in [1.82, 2.24) is 5.32 Å². The molecule has 15 nitrogen and oxygen atoms in total. The van der Waals surface area contributed by atoms with Crippen LogP contribution in [0.1, 0.15) is 31.4 Å². The molecular formula is C34H39N3O12. The second kappa shape index (κ2) is 14.0. The van der Waals surface area contributed by atoms with Gasteiger partial charge in [0.2, 0.25) is 12.4 Å². The van der Waals surface area contributed by atoms with Crippen LogP contribution < -0.4 is 20.5 Å². The second-order valence-electron chi connectivity index (χ2n) is 12.6. The lowest BCUT2D eigenvalue weighted by Gasteiger charge is -2.51. The molecule has 7 unspecified atom stereocenters. The summed E-state index contributed by atoms with van der Waals surface area (Å²) in [6.07, 6.45) is -3.83. The van der Waals surface area contributed by atoms with E-state index in [0.717, 1.165) is 5.57 Å². The smallest absolute Gasteiger partial charge is 0.335 e. The standard InChI is InChI=1S/C34H39N3O12/c1-17(2)20(11-18-9-10-36-13-18)14-37-15-33(45)32(49-28(31(43)44)29(41)34(33,46)16-38)47-22-7-8-23-24(12-22)48-27(30(35)42)25(26(23)40)19-3-5-21(39)6-4-19/h3-9,12-13,16-17,20,27-29,32,37,39-41,45-46H,10-11,14-15H2,1-2H3,(H2,35,42)(H,43,44). The predicted molar refractivity (Wildman–Crippen MR) is 174 cm³/mol. The van der Waals surface area contributed by atoms with E-state index in [4.69, 9.17) is 19.9 Å². The minimum Gasteiger partial charge on any atom is -0.508 e. The first kappa shape index (κ1) is 35.5. The normalized spacial score (nSPS) is 28.4. The summed E-state index contributed by atoms with van der Waals surface area (Å²) in [5.41, 5.74) is 1.30. The van der Waals surface area contributed by atoms with Crippen LogP contribution in [0.15, 0.2) is 59.1 Å². The highest BCUT2D eigenvalue weighted by molar-refractivity contribution is 6.03. The van der Waals surface area contributed by atoms with Gasteiger partial charge in [0.1, 0.15) is 29.1 Å². The van der Waals surface area contributed by atoms with Crippen LogP contribution >= 0.6 is 0 Å². The lowest BCUT2D eigenvalue weighted by Crippen LogP contribution is -2.79. The molecule has 3 aliphatic rings. The number of nitrogens with zero attached hydrogens (tertiary/aromatic N) is 1. The Hall–Kier alpha value is -4.80. The van der Waals surface area contributed by atoms with E-state index in [0.29, 0.717) is 18.5 Å².